The van der Waals surface area contributed by atoms with E-state index in [-0.39, 0.29) is 17.4 Å². The fourth-order valence-electron chi connectivity index (χ4n) is 1.79. The molecule has 3 N–H and O–H groups in total. The molecule has 1 aliphatic heterocycles. The van der Waals surface area contributed by atoms with Crippen molar-refractivity contribution in [2.45, 2.75) is 19.1 Å². The van der Waals surface area contributed by atoms with Crippen molar-refractivity contribution in [3.05, 3.63) is 17.7 Å². The summed E-state index contributed by atoms with van der Waals surface area (Å²) in [7, 11) is 1.42. The first-order chi connectivity index (χ1) is 8.32. The zero-order valence-electron chi connectivity index (χ0n) is 9.80. The first-order valence-corrected chi connectivity index (χ1v) is 5.22. The minimum atomic E-state index is -4.50. The van der Waals surface area contributed by atoms with Gasteiger partial charge in [0.05, 0.1) is 30.1 Å². The lowest BCUT2D eigenvalue weighted by Gasteiger charge is -2.24. The van der Waals surface area contributed by atoms with E-state index in [0.717, 1.165) is 6.07 Å². The van der Waals surface area contributed by atoms with E-state index in [9.17, 15) is 13.2 Å². The Kier molecular flexibility index (Phi) is 2.84. The number of anilines is 2. The molecule has 1 aromatic carbocycles. The van der Waals surface area contributed by atoms with Crippen LogP contribution < -0.4 is 11.1 Å². The van der Waals surface area contributed by atoms with Crippen LogP contribution in [0.25, 0.3) is 0 Å². The molecule has 4 nitrogen and oxygen atoms in total. The van der Waals surface area contributed by atoms with Gasteiger partial charge in [0.2, 0.25) is 5.90 Å². The van der Waals surface area contributed by atoms with Gasteiger partial charge in [-0.05, 0) is 19.1 Å². The smallest absolute Gasteiger partial charge is 0.418 e. The van der Waals surface area contributed by atoms with E-state index in [1.807, 2.05) is 0 Å². The van der Waals surface area contributed by atoms with E-state index in [4.69, 9.17) is 10.5 Å². The molecule has 2 rings (SSSR count). The maximum Gasteiger partial charge on any atom is 0.418 e. The molecule has 7 heteroatoms. The normalized spacial score (nSPS) is 18.7. The van der Waals surface area contributed by atoms with E-state index in [1.54, 1.807) is 6.92 Å². The topological polar surface area (TPSA) is 59.6 Å². The number of rotatable bonds is 0. The number of fused-ring (bicyclic) bond motifs is 1. The average molecular weight is 259 g/mol. The summed E-state index contributed by atoms with van der Waals surface area (Å²) >= 11 is 0. The van der Waals surface area contributed by atoms with Crippen LogP contribution in [-0.2, 0) is 10.9 Å². The van der Waals surface area contributed by atoms with Gasteiger partial charge in [0.1, 0.15) is 0 Å². The highest BCUT2D eigenvalue weighted by Gasteiger charge is 2.34. The molecule has 0 spiro atoms. The highest BCUT2D eigenvalue weighted by atomic mass is 19.4. The number of nitrogens with zero attached hydrogens (tertiary/aromatic N) is 1. The predicted octanol–water partition coefficient (Wildman–Crippen LogP) is 2.78. The fraction of sp³-hybridized carbons (Fsp3) is 0.364. The third-order valence-corrected chi connectivity index (χ3v) is 2.66. The Morgan fingerprint density at radius 2 is 2.06 bits per heavy atom. The zero-order chi connectivity index (χ0) is 13.5. The van der Waals surface area contributed by atoms with Gasteiger partial charge >= 0.3 is 6.18 Å². The van der Waals surface area contributed by atoms with E-state index >= 15 is 0 Å². The predicted molar refractivity (Wildman–Crippen MR) is 63.0 cm³/mol. The Morgan fingerprint density at radius 3 is 2.61 bits per heavy atom. The number of aliphatic imine (C=N–C) groups is 1. The Hall–Kier alpha value is -1.92. The van der Waals surface area contributed by atoms with Gasteiger partial charge in [-0.3, -0.25) is 0 Å². The van der Waals surface area contributed by atoms with Crippen LogP contribution in [0.4, 0.5) is 30.2 Å². The van der Waals surface area contributed by atoms with Crippen molar-refractivity contribution in [3.63, 3.8) is 0 Å². The quantitative estimate of drug-likeness (QED) is 0.704. The second-order valence-corrected chi connectivity index (χ2v) is 3.97. The van der Waals surface area contributed by atoms with Crippen molar-refractivity contribution in [3.8, 4) is 0 Å². The summed E-state index contributed by atoms with van der Waals surface area (Å²) in [4.78, 5) is 4.04. The van der Waals surface area contributed by atoms with Gasteiger partial charge in [0.25, 0.3) is 0 Å². The molecule has 0 aromatic heterocycles. The Bertz CT molecular complexity index is 511. The molecule has 0 saturated heterocycles. The average Bonchev–Trinajstić information content (AvgIpc) is 2.26. The van der Waals surface area contributed by atoms with E-state index in [1.165, 1.54) is 13.2 Å². The van der Waals surface area contributed by atoms with Crippen molar-refractivity contribution < 1.29 is 17.9 Å². The van der Waals surface area contributed by atoms with Gasteiger partial charge < -0.3 is 15.8 Å². The zero-order valence-corrected chi connectivity index (χ0v) is 9.80. The van der Waals surface area contributed by atoms with Gasteiger partial charge in [-0.2, -0.15) is 13.2 Å². The Balaban J connectivity index is 2.55. The van der Waals surface area contributed by atoms with Crippen LogP contribution in [0.1, 0.15) is 12.5 Å². The fourth-order valence-corrected chi connectivity index (χ4v) is 1.79. The van der Waals surface area contributed by atoms with Gasteiger partial charge in [0.15, 0.2) is 0 Å². The molecule has 1 unspecified atom stereocenters. The number of hydrogen-bond acceptors (Lipinski definition) is 4. The largest absolute Gasteiger partial charge is 0.483 e. The number of nitrogens with one attached hydrogen (secondary N) is 1. The second kappa shape index (κ2) is 4.08. The first-order valence-electron chi connectivity index (χ1n) is 5.22. The standard InChI is InChI=1S/C11H12F3N3O/c1-5-10(18-2)17-8-3-6(11(12,13)14)7(15)4-9(8)16-5/h3-5,16H,15H2,1-2H3. The Labute approximate surface area is 102 Å². The molecule has 98 valence electrons. The number of alkyl halides is 3. The van der Waals surface area contributed by atoms with E-state index < -0.39 is 11.7 Å². The van der Waals surface area contributed by atoms with Crippen LogP contribution in [0.3, 0.4) is 0 Å². The second-order valence-electron chi connectivity index (χ2n) is 3.97. The molecule has 0 amide bonds. The van der Waals surface area contributed by atoms with Crippen LogP contribution in [0.15, 0.2) is 17.1 Å². The summed E-state index contributed by atoms with van der Waals surface area (Å²) in [6, 6.07) is 1.95. The van der Waals surface area contributed by atoms with Crippen molar-refractivity contribution in [1.82, 2.24) is 0 Å². The summed E-state index contributed by atoms with van der Waals surface area (Å²) in [5.74, 6) is 0.334. The molecule has 1 heterocycles. The summed E-state index contributed by atoms with van der Waals surface area (Å²) in [6.45, 7) is 1.79. The van der Waals surface area contributed by atoms with Crippen LogP contribution in [-0.4, -0.2) is 19.0 Å². The summed E-state index contributed by atoms with van der Waals surface area (Å²) < 4.78 is 43.1. The summed E-state index contributed by atoms with van der Waals surface area (Å²) in [5, 5.41) is 2.98. The SMILES string of the molecule is COC1=Nc2cc(C(F)(F)F)c(N)cc2NC1C. The number of hydrogen-bond donors (Lipinski definition) is 2. The monoisotopic (exact) mass is 259 g/mol. The third-order valence-electron chi connectivity index (χ3n) is 2.66. The molecule has 1 aromatic rings. The van der Waals surface area contributed by atoms with E-state index in [2.05, 4.69) is 10.3 Å². The van der Waals surface area contributed by atoms with Gasteiger partial charge in [0, 0.05) is 5.69 Å². The molecule has 0 radical (unpaired) electrons. The van der Waals surface area contributed by atoms with Crippen molar-refractivity contribution >= 4 is 23.0 Å². The maximum atomic E-state index is 12.7. The molecule has 0 fully saturated rings. The molecule has 1 aliphatic rings. The van der Waals surface area contributed by atoms with Crippen molar-refractivity contribution in [2.75, 3.05) is 18.2 Å². The molecular weight excluding hydrogens is 247 g/mol. The number of methoxy groups -OCH3 is 1. The molecular formula is C11H12F3N3O. The number of halogens is 3. The molecule has 0 aliphatic carbocycles. The molecule has 1 atom stereocenters. The highest BCUT2D eigenvalue weighted by Crippen LogP contribution is 2.41. The van der Waals surface area contributed by atoms with Crippen molar-refractivity contribution in [2.24, 2.45) is 4.99 Å². The molecule has 0 bridgehead atoms. The van der Waals surface area contributed by atoms with Crippen LogP contribution in [0.5, 0.6) is 0 Å². The van der Waals surface area contributed by atoms with Gasteiger partial charge in [-0.1, -0.05) is 0 Å². The number of nitrogens with two attached hydrogens (primary N) is 1. The van der Waals surface area contributed by atoms with Gasteiger partial charge in [-0.25, -0.2) is 4.99 Å². The molecule has 18 heavy (non-hydrogen) atoms. The van der Waals surface area contributed by atoms with E-state index in [0.29, 0.717) is 11.6 Å². The lowest BCUT2D eigenvalue weighted by atomic mass is 10.1. The van der Waals surface area contributed by atoms with Crippen LogP contribution >= 0.6 is 0 Å². The van der Waals surface area contributed by atoms with Crippen LogP contribution in [0.2, 0.25) is 0 Å². The number of ether oxygens (including phenoxy) is 1. The lowest BCUT2D eigenvalue weighted by Crippen LogP contribution is -2.30. The van der Waals surface area contributed by atoms with Crippen molar-refractivity contribution in [1.29, 1.82) is 0 Å². The summed E-state index contributed by atoms with van der Waals surface area (Å²) in [6.07, 6.45) is -4.50. The minimum Gasteiger partial charge on any atom is -0.483 e. The van der Waals surface area contributed by atoms with Crippen LogP contribution in [0, 0.1) is 0 Å². The summed E-state index contributed by atoms with van der Waals surface area (Å²) in [5.41, 5.74) is 4.83. The molecule has 0 saturated carbocycles. The maximum absolute atomic E-state index is 12.7. The number of benzene rings is 1. The number of nitrogen functional groups attached to an aromatic ring is 1. The lowest BCUT2D eigenvalue weighted by molar-refractivity contribution is -0.136. The first kappa shape index (κ1) is 12.5. The van der Waals surface area contributed by atoms with Gasteiger partial charge in [-0.15, -0.1) is 0 Å². The third kappa shape index (κ3) is 2.07. The minimum absolute atomic E-state index is 0.173. The Morgan fingerprint density at radius 1 is 1.39 bits per heavy atom. The highest BCUT2D eigenvalue weighted by molar-refractivity contribution is 5.93.